The molecule has 1 aliphatic heterocycles. The highest BCUT2D eigenvalue weighted by Gasteiger charge is 2.45. The van der Waals surface area contributed by atoms with Crippen LogP contribution in [-0.2, 0) is 16.1 Å². The molecule has 3 aromatic heterocycles. The number of fused-ring (bicyclic) bond motifs is 2. The Morgan fingerprint density at radius 1 is 1.05 bits per heavy atom. The average Bonchev–Trinajstić information content (AvgIpc) is 3.48. The first-order valence-electron chi connectivity index (χ1n) is 14.3. The molecule has 1 N–H and O–H groups in total. The molecule has 12 heteroatoms. The van der Waals surface area contributed by atoms with Crippen LogP contribution in [0.1, 0.15) is 45.2 Å². The van der Waals surface area contributed by atoms with Gasteiger partial charge in [-0.05, 0) is 76.1 Å². The second-order valence-electron chi connectivity index (χ2n) is 11.0. The number of hydrogen-bond acceptors (Lipinski definition) is 7. The number of aryl methyl sites for hydroxylation is 1. The summed E-state index contributed by atoms with van der Waals surface area (Å²) in [5.74, 6) is 0.171. The zero-order valence-corrected chi connectivity index (χ0v) is 27.0. The van der Waals surface area contributed by atoms with Crippen LogP contribution in [-0.4, -0.2) is 48.1 Å². The highest BCUT2D eigenvalue weighted by Crippen LogP contribution is 2.40. The average molecular weight is 645 g/mol. The van der Waals surface area contributed by atoms with Gasteiger partial charge >= 0.3 is 0 Å². The van der Waals surface area contributed by atoms with Crippen molar-refractivity contribution in [1.29, 1.82) is 0 Å². The molecular formula is C32H39Cl2N5O5. The van der Waals surface area contributed by atoms with Crippen LogP contribution >= 0.6 is 24.8 Å². The molecule has 1 atom stereocenters. The molecule has 4 heterocycles. The molecule has 10 nitrogen and oxygen atoms in total. The predicted molar refractivity (Wildman–Crippen MR) is 176 cm³/mol. The second kappa shape index (κ2) is 14.7. The van der Waals surface area contributed by atoms with Crippen molar-refractivity contribution >= 4 is 59.0 Å². The Labute approximate surface area is 269 Å². The number of nitrogens with zero attached hydrogens (tertiary/aromatic N) is 4. The Kier molecular flexibility index (Phi) is 11.6. The van der Waals surface area contributed by atoms with E-state index in [1.165, 1.54) is 6.26 Å². The van der Waals surface area contributed by atoms with Crippen molar-refractivity contribution in [3.8, 4) is 5.75 Å². The van der Waals surface area contributed by atoms with Gasteiger partial charge in [0, 0.05) is 50.8 Å². The molecule has 0 radical (unpaired) electrons. The summed E-state index contributed by atoms with van der Waals surface area (Å²) in [6.07, 6.45) is 8.32. The highest BCUT2D eigenvalue weighted by molar-refractivity contribution is 6.20. The van der Waals surface area contributed by atoms with Crippen LogP contribution < -0.4 is 25.4 Å². The van der Waals surface area contributed by atoms with Crippen molar-refractivity contribution in [1.82, 2.24) is 14.9 Å². The van der Waals surface area contributed by atoms with E-state index >= 15 is 0 Å². The van der Waals surface area contributed by atoms with Gasteiger partial charge < -0.3 is 28.8 Å². The maximum Gasteiger partial charge on any atom is 0.261 e. The number of pyridine rings is 2. The second-order valence-corrected chi connectivity index (χ2v) is 11.0. The van der Waals surface area contributed by atoms with E-state index in [9.17, 15) is 14.4 Å². The number of rotatable bonds is 11. The third kappa shape index (κ3) is 6.93. The normalized spacial score (nSPS) is 14.8. The minimum atomic E-state index is -1.15. The van der Waals surface area contributed by atoms with Crippen LogP contribution in [0.25, 0.3) is 11.0 Å². The third-order valence-electron chi connectivity index (χ3n) is 7.85. The molecular weight excluding hydrogens is 605 g/mol. The van der Waals surface area contributed by atoms with Gasteiger partial charge in [-0.2, -0.15) is 0 Å². The smallest absolute Gasteiger partial charge is 0.261 e. The van der Waals surface area contributed by atoms with E-state index in [4.69, 9.17) is 9.15 Å². The summed E-state index contributed by atoms with van der Waals surface area (Å²) in [6, 6.07) is 13.0. The van der Waals surface area contributed by atoms with E-state index < -0.39 is 5.41 Å². The molecule has 1 aromatic carbocycles. The quantitative estimate of drug-likeness (QED) is 0.173. The number of furan rings is 1. The standard InChI is InChI=1S/C32H37N5O5.2ClH/c1-5-37-26-10-9-23(20-27(26)35(4)30(39)32(2,3)31(37)40)41-18-7-15-34-25(22-8-6-14-33-21-22)11-16-36-17-12-28-24(29(36)38)13-19-42-28;;/h6,8-10,12-14,17,19-21,25,34H,5,7,11,15-16,18H2,1-4H3;2*1H. The van der Waals surface area contributed by atoms with Crippen molar-refractivity contribution in [3.05, 3.63) is 83.2 Å². The summed E-state index contributed by atoms with van der Waals surface area (Å²) in [5.41, 5.74) is 1.77. The number of nitrogens with one attached hydrogen (secondary N) is 1. The lowest BCUT2D eigenvalue weighted by Gasteiger charge is -2.27. The molecule has 0 aliphatic carbocycles. The predicted octanol–water partition coefficient (Wildman–Crippen LogP) is 5.38. The van der Waals surface area contributed by atoms with E-state index in [0.29, 0.717) is 60.8 Å². The monoisotopic (exact) mass is 643 g/mol. The van der Waals surface area contributed by atoms with Gasteiger partial charge in [0.05, 0.1) is 29.6 Å². The highest BCUT2D eigenvalue weighted by atomic mass is 35.5. The summed E-state index contributed by atoms with van der Waals surface area (Å²) in [6.45, 7) is 7.39. The number of carbonyl (C=O) groups excluding carboxylic acids is 2. The van der Waals surface area contributed by atoms with Gasteiger partial charge in [-0.3, -0.25) is 19.4 Å². The third-order valence-corrected chi connectivity index (χ3v) is 7.85. The van der Waals surface area contributed by atoms with Crippen molar-refractivity contribution in [3.63, 3.8) is 0 Å². The van der Waals surface area contributed by atoms with Crippen molar-refractivity contribution < 1.29 is 18.7 Å². The molecule has 5 rings (SSSR count). The molecule has 0 spiro atoms. The summed E-state index contributed by atoms with van der Waals surface area (Å²) in [7, 11) is 1.70. The maximum atomic E-state index is 13.1. The largest absolute Gasteiger partial charge is 0.493 e. The number of benzene rings is 1. The Balaban J connectivity index is 0.00000264. The van der Waals surface area contributed by atoms with Crippen LogP contribution in [0.15, 0.2) is 76.5 Å². The topological polar surface area (TPSA) is 110 Å². The van der Waals surface area contributed by atoms with Gasteiger partial charge in [0.15, 0.2) is 0 Å². The molecule has 1 aliphatic rings. The number of amides is 2. The van der Waals surface area contributed by atoms with E-state index in [0.717, 1.165) is 12.0 Å². The fourth-order valence-corrected chi connectivity index (χ4v) is 5.43. The minimum absolute atomic E-state index is 0. The molecule has 0 fully saturated rings. The summed E-state index contributed by atoms with van der Waals surface area (Å²) < 4.78 is 13.1. The van der Waals surface area contributed by atoms with Gasteiger partial charge in [0.1, 0.15) is 16.7 Å². The van der Waals surface area contributed by atoms with Crippen LogP contribution in [0.3, 0.4) is 0 Å². The summed E-state index contributed by atoms with van der Waals surface area (Å²) >= 11 is 0. The number of hydrogen-bond donors (Lipinski definition) is 1. The number of halogens is 2. The molecule has 236 valence electrons. The Morgan fingerprint density at radius 3 is 2.57 bits per heavy atom. The number of anilines is 2. The molecule has 0 bridgehead atoms. The maximum absolute atomic E-state index is 13.1. The van der Waals surface area contributed by atoms with Gasteiger partial charge in [-0.1, -0.05) is 6.07 Å². The van der Waals surface area contributed by atoms with Gasteiger partial charge in [-0.25, -0.2) is 0 Å². The van der Waals surface area contributed by atoms with Crippen molar-refractivity contribution in [2.45, 2.75) is 46.2 Å². The number of aromatic nitrogens is 2. The first-order valence-corrected chi connectivity index (χ1v) is 14.3. The molecule has 1 unspecified atom stereocenters. The van der Waals surface area contributed by atoms with Crippen LogP contribution in [0.5, 0.6) is 5.75 Å². The SMILES string of the molecule is CCN1C(=O)C(C)(C)C(=O)N(C)c2cc(OCCCNC(CCn3ccc4occc4c3=O)c3cccnc3)ccc21.Cl.Cl. The van der Waals surface area contributed by atoms with Crippen molar-refractivity contribution in [2.24, 2.45) is 5.41 Å². The first-order chi connectivity index (χ1) is 20.2. The molecule has 44 heavy (non-hydrogen) atoms. The van der Waals surface area contributed by atoms with Gasteiger partial charge in [0.2, 0.25) is 11.8 Å². The summed E-state index contributed by atoms with van der Waals surface area (Å²) in [5, 5.41) is 4.17. The fraction of sp³-hybridized carbons (Fsp3) is 0.375. The first kappa shape index (κ1) is 34.6. The van der Waals surface area contributed by atoms with E-state index in [1.807, 2.05) is 49.5 Å². The van der Waals surface area contributed by atoms with Crippen molar-refractivity contribution in [2.75, 3.05) is 36.5 Å². The van der Waals surface area contributed by atoms with E-state index in [2.05, 4.69) is 10.3 Å². The zero-order valence-electron chi connectivity index (χ0n) is 25.3. The Bertz CT molecular complexity index is 1640. The van der Waals surface area contributed by atoms with Crippen LogP contribution in [0, 0.1) is 5.41 Å². The Morgan fingerprint density at radius 2 is 1.84 bits per heavy atom. The lowest BCUT2D eigenvalue weighted by Crippen LogP contribution is -2.47. The van der Waals surface area contributed by atoms with Gasteiger partial charge in [-0.15, -0.1) is 24.8 Å². The molecule has 2 amide bonds. The molecule has 0 saturated carbocycles. The fourth-order valence-electron chi connectivity index (χ4n) is 5.43. The molecule has 4 aromatic rings. The summed E-state index contributed by atoms with van der Waals surface area (Å²) in [4.78, 5) is 46.5. The zero-order chi connectivity index (χ0) is 29.9. The lowest BCUT2D eigenvalue weighted by molar-refractivity contribution is -0.137. The Hall–Kier alpha value is -3.86. The van der Waals surface area contributed by atoms with Crippen LogP contribution in [0.4, 0.5) is 11.4 Å². The minimum Gasteiger partial charge on any atom is -0.493 e. The lowest BCUT2D eigenvalue weighted by atomic mass is 9.90. The van der Waals surface area contributed by atoms with Crippen LogP contribution in [0.2, 0.25) is 0 Å². The number of ether oxygens (including phenoxy) is 1. The van der Waals surface area contributed by atoms with E-state index in [1.54, 1.807) is 53.7 Å². The molecule has 0 saturated heterocycles. The van der Waals surface area contributed by atoms with E-state index in [-0.39, 0.29) is 48.2 Å². The number of carbonyl (C=O) groups is 2. The van der Waals surface area contributed by atoms with Gasteiger partial charge in [0.25, 0.3) is 5.56 Å².